The molecule has 0 aromatic heterocycles. The Morgan fingerprint density at radius 2 is 2.06 bits per heavy atom. The Bertz CT molecular complexity index is 265. The number of nitrogens with two attached hydrogens (primary N) is 1. The molecule has 1 heterocycles. The lowest BCUT2D eigenvalue weighted by Crippen LogP contribution is -2.53. The van der Waals surface area contributed by atoms with Crippen molar-refractivity contribution in [1.82, 2.24) is 4.90 Å². The van der Waals surface area contributed by atoms with E-state index in [0.29, 0.717) is 5.41 Å². The molecule has 0 aromatic carbocycles. The van der Waals surface area contributed by atoms with E-state index >= 15 is 0 Å². The Hall–Kier alpha value is -0.120. The van der Waals surface area contributed by atoms with Crippen molar-refractivity contribution in [2.24, 2.45) is 17.1 Å². The third-order valence-electron chi connectivity index (χ3n) is 4.47. The Labute approximate surface area is 106 Å². The van der Waals surface area contributed by atoms with Gasteiger partial charge < -0.3 is 10.5 Å². The second kappa shape index (κ2) is 4.87. The second-order valence-electron chi connectivity index (χ2n) is 6.88. The summed E-state index contributed by atoms with van der Waals surface area (Å²) < 4.78 is 5.75. The van der Waals surface area contributed by atoms with E-state index in [1.807, 2.05) is 0 Å². The lowest BCUT2D eigenvalue weighted by Gasteiger charge is -2.40. The van der Waals surface area contributed by atoms with Crippen molar-refractivity contribution in [3.63, 3.8) is 0 Å². The van der Waals surface area contributed by atoms with Crippen LogP contribution in [0.25, 0.3) is 0 Å². The lowest BCUT2D eigenvalue weighted by molar-refractivity contribution is -0.0562. The number of hydrogen-bond donors (Lipinski definition) is 1. The minimum Gasteiger partial charge on any atom is -0.374 e. The van der Waals surface area contributed by atoms with Gasteiger partial charge in [-0.2, -0.15) is 0 Å². The highest BCUT2D eigenvalue weighted by Crippen LogP contribution is 2.43. The van der Waals surface area contributed by atoms with Gasteiger partial charge in [-0.1, -0.05) is 20.8 Å². The molecule has 1 aliphatic heterocycles. The van der Waals surface area contributed by atoms with Gasteiger partial charge in [-0.05, 0) is 31.1 Å². The minimum absolute atomic E-state index is 0.141. The summed E-state index contributed by atoms with van der Waals surface area (Å²) in [5.41, 5.74) is 6.47. The van der Waals surface area contributed by atoms with Crippen molar-refractivity contribution >= 4 is 0 Å². The van der Waals surface area contributed by atoms with E-state index in [2.05, 4.69) is 32.6 Å². The van der Waals surface area contributed by atoms with Crippen molar-refractivity contribution in [2.45, 2.75) is 58.7 Å². The highest BCUT2D eigenvalue weighted by atomic mass is 16.5. The van der Waals surface area contributed by atoms with Crippen molar-refractivity contribution in [3.8, 4) is 0 Å². The van der Waals surface area contributed by atoms with E-state index in [1.165, 1.54) is 12.8 Å². The van der Waals surface area contributed by atoms with Crippen molar-refractivity contribution < 1.29 is 4.74 Å². The summed E-state index contributed by atoms with van der Waals surface area (Å²) in [7, 11) is 0. The molecule has 0 aromatic rings. The Balaban J connectivity index is 1.98. The zero-order valence-corrected chi connectivity index (χ0v) is 11.8. The number of morpholine rings is 1. The minimum atomic E-state index is 0.141. The first-order valence-electron chi connectivity index (χ1n) is 7.00. The summed E-state index contributed by atoms with van der Waals surface area (Å²) >= 11 is 0. The Morgan fingerprint density at radius 3 is 2.59 bits per heavy atom. The molecule has 2 aliphatic rings. The molecule has 0 bridgehead atoms. The molecule has 4 atom stereocenters. The molecule has 4 unspecified atom stereocenters. The molecular formula is C14H28N2O. The molecule has 17 heavy (non-hydrogen) atoms. The van der Waals surface area contributed by atoms with Gasteiger partial charge in [-0.15, -0.1) is 0 Å². The van der Waals surface area contributed by atoms with Crippen LogP contribution in [0.2, 0.25) is 0 Å². The van der Waals surface area contributed by atoms with E-state index in [0.717, 1.165) is 31.7 Å². The van der Waals surface area contributed by atoms with Gasteiger partial charge in [0.2, 0.25) is 0 Å². The number of rotatable bonds is 2. The molecule has 2 N–H and O–H groups in total. The molecule has 3 nitrogen and oxygen atoms in total. The van der Waals surface area contributed by atoms with Crippen LogP contribution in [0.1, 0.15) is 40.5 Å². The van der Waals surface area contributed by atoms with Crippen LogP contribution in [0.4, 0.5) is 0 Å². The summed E-state index contributed by atoms with van der Waals surface area (Å²) in [6, 6.07) is 0.873. The normalized spacial score (nSPS) is 40.4. The summed E-state index contributed by atoms with van der Waals surface area (Å²) in [6.45, 7) is 12.2. The highest BCUT2D eigenvalue weighted by molar-refractivity contribution is 4.94. The van der Waals surface area contributed by atoms with E-state index in [1.54, 1.807) is 0 Å². The van der Waals surface area contributed by atoms with Crippen LogP contribution in [0.5, 0.6) is 0 Å². The molecule has 0 radical (unpaired) electrons. The van der Waals surface area contributed by atoms with E-state index in [9.17, 15) is 0 Å². The number of nitrogens with zero attached hydrogens (tertiary/aromatic N) is 1. The third kappa shape index (κ3) is 3.01. The number of ether oxygens (including phenoxy) is 1. The van der Waals surface area contributed by atoms with Gasteiger partial charge in [0.1, 0.15) is 0 Å². The zero-order valence-electron chi connectivity index (χ0n) is 11.8. The van der Waals surface area contributed by atoms with Crippen molar-refractivity contribution in [3.05, 3.63) is 0 Å². The predicted molar refractivity (Wildman–Crippen MR) is 70.9 cm³/mol. The molecule has 3 heteroatoms. The standard InChI is InChI=1S/C14H28N2O/c1-10-7-14(3,4)8-12(10)16-5-6-17-13(9-16)11(2)15/h10-13H,5-9,15H2,1-4H3. The van der Waals surface area contributed by atoms with Crippen LogP contribution in [-0.4, -0.2) is 42.8 Å². The average Bonchev–Trinajstić information content (AvgIpc) is 2.52. The monoisotopic (exact) mass is 240 g/mol. The van der Waals surface area contributed by atoms with Crippen LogP contribution in [0.15, 0.2) is 0 Å². The fourth-order valence-electron chi connectivity index (χ4n) is 3.66. The second-order valence-corrected chi connectivity index (χ2v) is 6.88. The van der Waals surface area contributed by atoms with Crippen LogP contribution < -0.4 is 5.73 Å². The third-order valence-corrected chi connectivity index (χ3v) is 4.47. The van der Waals surface area contributed by atoms with Gasteiger partial charge in [0.25, 0.3) is 0 Å². The van der Waals surface area contributed by atoms with Crippen LogP contribution >= 0.6 is 0 Å². The van der Waals surface area contributed by atoms with E-state index in [-0.39, 0.29) is 12.1 Å². The molecule has 1 saturated carbocycles. The molecular weight excluding hydrogens is 212 g/mol. The first-order chi connectivity index (χ1) is 7.89. The Morgan fingerprint density at radius 1 is 1.35 bits per heavy atom. The summed E-state index contributed by atoms with van der Waals surface area (Å²) in [5, 5.41) is 0. The molecule has 2 rings (SSSR count). The molecule has 100 valence electrons. The van der Waals surface area contributed by atoms with Crippen LogP contribution in [0, 0.1) is 11.3 Å². The van der Waals surface area contributed by atoms with Crippen molar-refractivity contribution in [1.29, 1.82) is 0 Å². The predicted octanol–water partition coefficient (Wildman–Crippen LogP) is 1.86. The molecule has 0 amide bonds. The molecule has 1 saturated heterocycles. The first-order valence-corrected chi connectivity index (χ1v) is 7.00. The number of hydrogen-bond acceptors (Lipinski definition) is 3. The van der Waals surface area contributed by atoms with Gasteiger partial charge in [0.05, 0.1) is 12.7 Å². The highest BCUT2D eigenvalue weighted by Gasteiger charge is 2.41. The van der Waals surface area contributed by atoms with Crippen LogP contribution in [-0.2, 0) is 4.74 Å². The van der Waals surface area contributed by atoms with Gasteiger partial charge in [0, 0.05) is 25.2 Å². The van der Waals surface area contributed by atoms with Gasteiger partial charge in [-0.25, -0.2) is 0 Å². The molecule has 2 fully saturated rings. The van der Waals surface area contributed by atoms with Gasteiger partial charge in [0.15, 0.2) is 0 Å². The molecule has 1 aliphatic carbocycles. The SMILES string of the molecule is CC(N)C1CN(C2CC(C)(C)CC2C)CCO1. The van der Waals surface area contributed by atoms with Crippen LogP contribution in [0.3, 0.4) is 0 Å². The van der Waals surface area contributed by atoms with E-state index in [4.69, 9.17) is 10.5 Å². The fourth-order valence-corrected chi connectivity index (χ4v) is 3.66. The Kier molecular flexibility index (Phi) is 3.81. The summed E-state index contributed by atoms with van der Waals surface area (Å²) in [4.78, 5) is 2.62. The van der Waals surface area contributed by atoms with Gasteiger partial charge >= 0.3 is 0 Å². The fraction of sp³-hybridized carbons (Fsp3) is 1.00. The van der Waals surface area contributed by atoms with E-state index < -0.39 is 0 Å². The largest absolute Gasteiger partial charge is 0.374 e. The average molecular weight is 240 g/mol. The lowest BCUT2D eigenvalue weighted by atomic mass is 9.91. The van der Waals surface area contributed by atoms with Gasteiger partial charge in [-0.3, -0.25) is 4.90 Å². The topological polar surface area (TPSA) is 38.5 Å². The zero-order chi connectivity index (χ0) is 12.6. The maximum Gasteiger partial charge on any atom is 0.0850 e. The molecule has 0 spiro atoms. The quantitative estimate of drug-likeness (QED) is 0.800. The first kappa shape index (κ1) is 13.3. The summed E-state index contributed by atoms with van der Waals surface area (Å²) in [6.07, 6.45) is 2.89. The maximum atomic E-state index is 5.96. The summed E-state index contributed by atoms with van der Waals surface area (Å²) in [5.74, 6) is 0.803. The maximum absolute atomic E-state index is 5.96. The van der Waals surface area contributed by atoms with Crippen molar-refractivity contribution in [2.75, 3.05) is 19.7 Å². The smallest absolute Gasteiger partial charge is 0.0850 e.